The fraction of sp³-hybridized carbons (Fsp3) is 0.111. The van der Waals surface area contributed by atoms with Crippen LogP contribution in [0.1, 0.15) is 5.69 Å². The van der Waals surface area contributed by atoms with Gasteiger partial charge in [-0.2, -0.15) is 4.98 Å². The lowest BCUT2D eigenvalue weighted by molar-refractivity contribution is 0.960. The van der Waals surface area contributed by atoms with E-state index in [4.69, 9.17) is 23.2 Å². The van der Waals surface area contributed by atoms with Crippen molar-refractivity contribution in [2.24, 2.45) is 0 Å². The van der Waals surface area contributed by atoms with Crippen LogP contribution in [0.25, 0.3) is 0 Å². The fourth-order valence-corrected chi connectivity index (χ4v) is 2.11. The summed E-state index contributed by atoms with van der Waals surface area (Å²) in [5.41, 5.74) is 0.0704. The Bertz CT molecular complexity index is 572. The molecule has 0 aromatic carbocycles. The normalized spacial score (nSPS) is 10.5. The van der Waals surface area contributed by atoms with Crippen molar-refractivity contribution in [1.29, 1.82) is 0 Å². The van der Waals surface area contributed by atoms with Gasteiger partial charge in [0.15, 0.2) is 5.16 Å². The first-order chi connectivity index (χ1) is 8.15. The average molecular weight is 289 g/mol. The third kappa shape index (κ3) is 3.42. The zero-order chi connectivity index (χ0) is 12.3. The summed E-state index contributed by atoms with van der Waals surface area (Å²) < 4.78 is 0. The lowest BCUT2D eigenvalue weighted by Gasteiger charge is -2.01. The maximum Gasteiger partial charge on any atom is 0.345 e. The number of aromatic nitrogens is 4. The highest BCUT2D eigenvalue weighted by Gasteiger charge is 2.05. The maximum absolute atomic E-state index is 11.0. The van der Waals surface area contributed by atoms with Gasteiger partial charge in [-0.3, -0.25) is 0 Å². The lowest BCUT2D eigenvalue weighted by Crippen LogP contribution is -2.11. The smallest absolute Gasteiger partial charge is 0.311 e. The van der Waals surface area contributed by atoms with Crippen molar-refractivity contribution in [3.63, 3.8) is 0 Å². The number of rotatable bonds is 3. The van der Waals surface area contributed by atoms with Gasteiger partial charge >= 0.3 is 5.69 Å². The van der Waals surface area contributed by atoms with E-state index >= 15 is 0 Å². The first-order valence-electron chi connectivity index (χ1n) is 4.49. The van der Waals surface area contributed by atoms with Crippen LogP contribution in [0.15, 0.2) is 28.5 Å². The van der Waals surface area contributed by atoms with Gasteiger partial charge in [-0.25, -0.2) is 14.8 Å². The summed E-state index contributed by atoms with van der Waals surface area (Å²) in [6.45, 7) is 0. The Morgan fingerprint density at radius 3 is 2.71 bits per heavy atom. The molecule has 0 aliphatic heterocycles. The number of thioether (sulfide) groups is 1. The average Bonchev–Trinajstić information content (AvgIpc) is 2.32. The number of halogens is 2. The molecular formula is C9H6Cl2N4OS. The second-order valence-electron chi connectivity index (χ2n) is 2.97. The number of H-pyrrole nitrogens is 1. The second kappa shape index (κ2) is 5.48. The van der Waals surface area contributed by atoms with E-state index in [1.807, 2.05) is 0 Å². The van der Waals surface area contributed by atoms with Crippen LogP contribution in [0, 0.1) is 0 Å². The minimum Gasteiger partial charge on any atom is -0.311 e. The first kappa shape index (κ1) is 12.3. The number of nitrogens with one attached hydrogen (secondary N) is 1. The van der Waals surface area contributed by atoms with Gasteiger partial charge in [0.2, 0.25) is 0 Å². The molecule has 2 aromatic rings. The topological polar surface area (TPSA) is 71.5 Å². The minimum atomic E-state index is -0.429. The quantitative estimate of drug-likeness (QED) is 0.692. The van der Waals surface area contributed by atoms with Crippen LogP contribution in [0.5, 0.6) is 0 Å². The Kier molecular flexibility index (Phi) is 3.98. The van der Waals surface area contributed by atoms with Gasteiger partial charge in [0.1, 0.15) is 0 Å². The molecule has 0 saturated heterocycles. The van der Waals surface area contributed by atoms with E-state index in [0.29, 0.717) is 26.6 Å². The SMILES string of the molecule is O=c1nc(CSc2ncc(Cl)cn2)c(Cl)c[nH]1. The molecule has 0 saturated carbocycles. The highest BCUT2D eigenvalue weighted by Crippen LogP contribution is 2.21. The molecule has 0 spiro atoms. The van der Waals surface area contributed by atoms with E-state index in [1.54, 1.807) is 0 Å². The number of nitrogens with zero attached hydrogens (tertiary/aromatic N) is 3. The third-order valence-corrected chi connectivity index (χ3v) is 3.18. The van der Waals surface area contributed by atoms with Crippen LogP contribution in [0.2, 0.25) is 10.0 Å². The summed E-state index contributed by atoms with van der Waals surface area (Å²) in [6.07, 6.45) is 4.42. The Labute approximate surface area is 111 Å². The van der Waals surface area contributed by atoms with Crippen molar-refractivity contribution < 1.29 is 0 Å². The number of aromatic amines is 1. The molecule has 5 nitrogen and oxygen atoms in total. The third-order valence-electron chi connectivity index (χ3n) is 1.77. The number of hydrogen-bond donors (Lipinski definition) is 1. The van der Waals surface area contributed by atoms with Crippen LogP contribution in [0.3, 0.4) is 0 Å². The first-order valence-corrected chi connectivity index (χ1v) is 6.24. The Morgan fingerprint density at radius 1 is 1.29 bits per heavy atom. The molecule has 2 aromatic heterocycles. The van der Waals surface area contributed by atoms with Gasteiger partial charge in [-0.05, 0) is 0 Å². The Morgan fingerprint density at radius 2 is 2.00 bits per heavy atom. The van der Waals surface area contributed by atoms with E-state index in [-0.39, 0.29) is 0 Å². The lowest BCUT2D eigenvalue weighted by atomic mass is 10.4. The molecule has 2 rings (SSSR count). The van der Waals surface area contributed by atoms with Gasteiger partial charge in [-0.15, -0.1) is 0 Å². The molecule has 0 unspecified atom stereocenters. The predicted molar refractivity (Wildman–Crippen MR) is 66.5 cm³/mol. The van der Waals surface area contributed by atoms with Gasteiger partial charge in [-0.1, -0.05) is 35.0 Å². The summed E-state index contributed by atoms with van der Waals surface area (Å²) in [5.74, 6) is 0.421. The van der Waals surface area contributed by atoms with Crippen LogP contribution >= 0.6 is 35.0 Å². The van der Waals surface area contributed by atoms with Crippen molar-refractivity contribution in [2.45, 2.75) is 10.9 Å². The molecule has 0 bridgehead atoms. The maximum atomic E-state index is 11.0. The summed E-state index contributed by atoms with van der Waals surface area (Å²) in [7, 11) is 0. The Hall–Kier alpha value is -1.11. The molecule has 2 heterocycles. The molecule has 0 aliphatic carbocycles. The molecule has 0 amide bonds. The molecule has 1 N–H and O–H groups in total. The molecule has 0 radical (unpaired) electrons. The van der Waals surface area contributed by atoms with E-state index in [1.165, 1.54) is 30.4 Å². The summed E-state index contributed by atoms with van der Waals surface area (Å²) in [4.78, 5) is 25.2. The van der Waals surface area contributed by atoms with Gasteiger partial charge in [0, 0.05) is 11.9 Å². The van der Waals surface area contributed by atoms with Crippen molar-refractivity contribution in [3.8, 4) is 0 Å². The van der Waals surface area contributed by atoms with E-state index in [0.717, 1.165) is 0 Å². The molecule has 8 heteroatoms. The summed E-state index contributed by atoms with van der Waals surface area (Å²) in [5, 5.41) is 1.43. The highest BCUT2D eigenvalue weighted by molar-refractivity contribution is 7.98. The Balaban J connectivity index is 2.09. The summed E-state index contributed by atoms with van der Waals surface area (Å²) >= 11 is 12.9. The molecule has 0 fully saturated rings. The zero-order valence-corrected chi connectivity index (χ0v) is 10.7. The van der Waals surface area contributed by atoms with Crippen molar-refractivity contribution in [3.05, 3.63) is 44.8 Å². The van der Waals surface area contributed by atoms with Crippen molar-refractivity contribution in [1.82, 2.24) is 19.9 Å². The molecule has 17 heavy (non-hydrogen) atoms. The molecule has 88 valence electrons. The second-order valence-corrected chi connectivity index (χ2v) is 4.76. The van der Waals surface area contributed by atoms with Crippen LogP contribution in [-0.2, 0) is 5.75 Å². The van der Waals surface area contributed by atoms with E-state index < -0.39 is 5.69 Å². The predicted octanol–water partition coefficient (Wildman–Crippen LogP) is 2.16. The van der Waals surface area contributed by atoms with Gasteiger partial charge in [0.05, 0.1) is 28.1 Å². The molecule has 0 aliphatic rings. The van der Waals surface area contributed by atoms with Crippen LogP contribution in [0.4, 0.5) is 0 Å². The largest absolute Gasteiger partial charge is 0.345 e. The fourth-order valence-electron chi connectivity index (χ4n) is 1.03. The standard InChI is InChI=1S/C9H6Cl2N4OS/c10-5-1-13-9(14-2-5)17-4-7-6(11)3-12-8(16)15-7/h1-3H,4H2,(H,12,15,16). The molecule has 0 atom stereocenters. The van der Waals surface area contributed by atoms with E-state index in [2.05, 4.69) is 19.9 Å². The number of hydrogen-bond acceptors (Lipinski definition) is 5. The van der Waals surface area contributed by atoms with Crippen LogP contribution < -0.4 is 5.69 Å². The van der Waals surface area contributed by atoms with Gasteiger partial charge in [0.25, 0.3) is 0 Å². The summed E-state index contributed by atoms with van der Waals surface area (Å²) in [6, 6.07) is 0. The van der Waals surface area contributed by atoms with E-state index in [9.17, 15) is 4.79 Å². The zero-order valence-electron chi connectivity index (χ0n) is 8.35. The van der Waals surface area contributed by atoms with Crippen LogP contribution in [-0.4, -0.2) is 19.9 Å². The van der Waals surface area contributed by atoms with Crippen molar-refractivity contribution in [2.75, 3.05) is 0 Å². The molecular weight excluding hydrogens is 283 g/mol. The highest BCUT2D eigenvalue weighted by atomic mass is 35.5. The monoisotopic (exact) mass is 288 g/mol. The van der Waals surface area contributed by atoms with Crippen molar-refractivity contribution >= 4 is 35.0 Å². The minimum absolute atomic E-state index is 0.408. The van der Waals surface area contributed by atoms with Gasteiger partial charge < -0.3 is 4.98 Å².